The predicted octanol–water partition coefficient (Wildman–Crippen LogP) is 2.57. The molecule has 2 unspecified atom stereocenters. The Morgan fingerprint density at radius 1 is 1.24 bits per heavy atom. The number of aromatic nitrogens is 3. The van der Waals surface area contributed by atoms with Gasteiger partial charge in [-0.25, -0.2) is 18.7 Å². The molecular weight excluding hydrogens is 444 g/mol. The molecule has 11 heteroatoms. The molecule has 2 aromatic rings. The van der Waals surface area contributed by atoms with Crippen LogP contribution in [0.5, 0.6) is 0 Å². The molecule has 2 amide bonds. The number of hydrogen-bond donors (Lipinski definition) is 2. The van der Waals surface area contributed by atoms with Crippen molar-refractivity contribution < 1.29 is 18.4 Å². The van der Waals surface area contributed by atoms with Gasteiger partial charge >= 0.3 is 0 Å². The lowest BCUT2D eigenvalue weighted by Gasteiger charge is -2.36. The van der Waals surface area contributed by atoms with Gasteiger partial charge in [0.15, 0.2) is 5.82 Å². The maximum Gasteiger partial charge on any atom is 0.282 e. The van der Waals surface area contributed by atoms with Gasteiger partial charge in [-0.1, -0.05) is 13.8 Å². The van der Waals surface area contributed by atoms with Gasteiger partial charge in [0.25, 0.3) is 12.3 Å². The fraction of sp³-hybridized carbons (Fsp3) is 0.522. The van der Waals surface area contributed by atoms with Crippen molar-refractivity contribution in [1.82, 2.24) is 25.2 Å². The topological polar surface area (TPSA) is 103 Å². The Kier molecular flexibility index (Phi) is 7.01. The number of alkyl halides is 2. The molecule has 0 aliphatic carbocycles. The SMILES string of the molecule is CCC1C(=O)Nc2nc(CN3CCN(c4ccc(C(=O)NC)nc4C(F)F)CC3)cnc2C1C. The van der Waals surface area contributed by atoms with Crippen LogP contribution in [0.4, 0.5) is 20.3 Å². The number of pyridine rings is 1. The summed E-state index contributed by atoms with van der Waals surface area (Å²) in [6, 6.07) is 3.00. The highest BCUT2D eigenvalue weighted by molar-refractivity contribution is 5.95. The third kappa shape index (κ3) is 4.70. The first-order chi connectivity index (χ1) is 16.3. The van der Waals surface area contributed by atoms with Crippen molar-refractivity contribution in [2.24, 2.45) is 5.92 Å². The summed E-state index contributed by atoms with van der Waals surface area (Å²) in [6.45, 7) is 6.88. The Hall–Kier alpha value is -3.21. The second-order valence-corrected chi connectivity index (χ2v) is 8.63. The maximum atomic E-state index is 13.7. The molecule has 1 fully saturated rings. The third-order valence-electron chi connectivity index (χ3n) is 6.57. The van der Waals surface area contributed by atoms with Crippen LogP contribution >= 0.6 is 0 Å². The highest BCUT2D eigenvalue weighted by atomic mass is 19.3. The number of carbonyl (C=O) groups excluding carboxylic acids is 2. The summed E-state index contributed by atoms with van der Waals surface area (Å²) in [6.07, 6.45) is -0.284. The van der Waals surface area contributed by atoms with Gasteiger partial charge in [0.2, 0.25) is 5.91 Å². The molecule has 2 aliphatic rings. The van der Waals surface area contributed by atoms with Gasteiger partial charge in [0.1, 0.15) is 11.4 Å². The van der Waals surface area contributed by atoms with Crippen molar-refractivity contribution in [3.05, 3.63) is 41.1 Å². The van der Waals surface area contributed by atoms with E-state index in [0.29, 0.717) is 44.2 Å². The first kappa shape index (κ1) is 23.9. The normalized spacial score (nSPS) is 20.8. The lowest BCUT2D eigenvalue weighted by molar-refractivity contribution is -0.121. The van der Waals surface area contributed by atoms with E-state index in [0.717, 1.165) is 17.8 Å². The Morgan fingerprint density at radius 2 is 1.97 bits per heavy atom. The first-order valence-electron chi connectivity index (χ1n) is 11.5. The number of nitrogens with zero attached hydrogens (tertiary/aromatic N) is 5. The monoisotopic (exact) mass is 473 g/mol. The Balaban J connectivity index is 1.42. The van der Waals surface area contributed by atoms with Crippen LogP contribution in [-0.4, -0.2) is 64.9 Å². The minimum atomic E-state index is -2.78. The molecule has 2 aliphatic heterocycles. The number of hydrogen-bond acceptors (Lipinski definition) is 7. The molecule has 2 N–H and O–H groups in total. The van der Waals surface area contributed by atoms with Gasteiger partial charge in [-0.2, -0.15) is 0 Å². The zero-order chi connectivity index (χ0) is 24.4. The van der Waals surface area contributed by atoms with Crippen LogP contribution in [0.1, 0.15) is 60.2 Å². The van der Waals surface area contributed by atoms with E-state index in [4.69, 9.17) is 0 Å². The molecule has 182 valence electrons. The summed E-state index contributed by atoms with van der Waals surface area (Å²) in [5, 5.41) is 5.29. The number of rotatable bonds is 6. The van der Waals surface area contributed by atoms with Gasteiger partial charge in [0, 0.05) is 51.6 Å². The molecule has 9 nitrogen and oxygen atoms in total. The van der Waals surface area contributed by atoms with Crippen molar-refractivity contribution in [3.8, 4) is 0 Å². The van der Waals surface area contributed by atoms with Crippen LogP contribution < -0.4 is 15.5 Å². The molecule has 1 saturated heterocycles. The van der Waals surface area contributed by atoms with Crippen molar-refractivity contribution in [2.75, 3.05) is 43.4 Å². The summed E-state index contributed by atoms with van der Waals surface area (Å²) in [5.74, 6) is -0.0686. The fourth-order valence-electron chi connectivity index (χ4n) is 4.63. The second kappa shape index (κ2) is 9.96. The van der Waals surface area contributed by atoms with E-state index in [2.05, 4.69) is 30.5 Å². The summed E-state index contributed by atoms with van der Waals surface area (Å²) in [5.41, 5.74) is 1.49. The molecule has 2 aromatic heterocycles. The van der Waals surface area contributed by atoms with Crippen LogP contribution in [0, 0.1) is 5.92 Å². The zero-order valence-corrected chi connectivity index (χ0v) is 19.5. The lowest BCUT2D eigenvalue weighted by atomic mass is 9.85. The number of amides is 2. The molecule has 0 bridgehead atoms. The maximum absolute atomic E-state index is 13.7. The van der Waals surface area contributed by atoms with Crippen LogP contribution in [0.15, 0.2) is 18.3 Å². The highest BCUT2D eigenvalue weighted by Crippen LogP contribution is 2.35. The number of fused-ring (bicyclic) bond motifs is 1. The second-order valence-electron chi connectivity index (χ2n) is 8.63. The highest BCUT2D eigenvalue weighted by Gasteiger charge is 2.34. The number of piperazine rings is 1. The molecule has 2 atom stereocenters. The quantitative estimate of drug-likeness (QED) is 0.665. The fourth-order valence-corrected chi connectivity index (χ4v) is 4.63. The molecule has 34 heavy (non-hydrogen) atoms. The lowest BCUT2D eigenvalue weighted by Crippen LogP contribution is -2.46. The van der Waals surface area contributed by atoms with Crippen LogP contribution in [0.2, 0.25) is 0 Å². The molecule has 0 saturated carbocycles. The third-order valence-corrected chi connectivity index (χ3v) is 6.57. The van der Waals surface area contributed by atoms with E-state index in [1.54, 1.807) is 6.20 Å². The van der Waals surface area contributed by atoms with E-state index >= 15 is 0 Å². The summed E-state index contributed by atoms with van der Waals surface area (Å²) in [7, 11) is 1.43. The van der Waals surface area contributed by atoms with Crippen LogP contribution in [0.25, 0.3) is 0 Å². The Bertz CT molecular complexity index is 1070. The van der Waals surface area contributed by atoms with Crippen molar-refractivity contribution in [1.29, 1.82) is 0 Å². The average Bonchev–Trinajstić information content (AvgIpc) is 2.83. The summed E-state index contributed by atoms with van der Waals surface area (Å²) >= 11 is 0. The van der Waals surface area contributed by atoms with Gasteiger partial charge in [-0.05, 0) is 18.6 Å². The van der Waals surface area contributed by atoms with Gasteiger partial charge in [-0.15, -0.1) is 0 Å². The molecule has 0 spiro atoms. The van der Waals surface area contributed by atoms with Crippen molar-refractivity contribution >= 4 is 23.3 Å². The van der Waals surface area contributed by atoms with E-state index < -0.39 is 12.3 Å². The molecule has 4 heterocycles. The number of carbonyl (C=O) groups is 2. The number of halogens is 2. The predicted molar refractivity (Wildman–Crippen MR) is 123 cm³/mol. The zero-order valence-electron chi connectivity index (χ0n) is 19.5. The van der Waals surface area contributed by atoms with E-state index in [-0.39, 0.29) is 29.1 Å². The number of nitrogens with one attached hydrogen (secondary N) is 2. The van der Waals surface area contributed by atoms with E-state index in [1.807, 2.05) is 18.7 Å². The molecular formula is C23H29F2N7O2. The largest absolute Gasteiger partial charge is 0.367 e. The number of anilines is 2. The van der Waals surface area contributed by atoms with Crippen molar-refractivity contribution in [3.63, 3.8) is 0 Å². The Labute approximate surface area is 197 Å². The summed E-state index contributed by atoms with van der Waals surface area (Å²) < 4.78 is 27.3. The molecule has 0 radical (unpaired) electrons. The Morgan fingerprint density at radius 3 is 2.62 bits per heavy atom. The van der Waals surface area contributed by atoms with Gasteiger partial charge in [0.05, 0.1) is 23.3 Å². The smallest absolute Gasteiger partial charge is 0.282 e. The van der Waals surface area contributed by atoms with Crippen LogP contribution in [0.3, 0.4) is 0 Å². The minimum absolute atomic E-state index is 0.0197. The average molecular weight is 474 g/mol. The first-order valence-corrected chi connectivity index (χ1v) is 11.5. The standard InChI is InChI=1S/C23H29F2N7O2/c1-4-15-13(2)18-21(30-22(15)33)28-14(11-27-18)12-31-7-9-32(10-8-31)17-6-5-16(23(34)26-3)29-19(17)20(24)25/h5-6,11,13,15,20H,4,7-10,12H2,1-3H3,(H,26,34)(H,28,30,33). The van der Waals surface area contributed by atoms with E-state index in [9.17, 15) is 18.4 Å². The molecule has 4 rings (SSSR count). The minimum Gasteiger partial charge on any atom is -0.367 e. The van der Waals surface area contributed by atoms with Crippen molar-refractivity contribution in [2.45, 2.75) is 39.2 Å². The summed E-state index contributed by atoms with van der Waals surface area (Å²) in [4.78, 5) is 41.3. The van der Waals surface area contributed by atoms with Gasteiger partial charge in [-0.3, -0.25) is 19.5 Å². The van der Waals surface area contributed by atoms with Gasteiger partial charge < -0.3 is 15.5 Å². The molecule has 0 aromatic carbocycles. The van der Waals surface area contributed by atoms with Crippen LogP contribution in [-0.2, 0) is 11.3 Å². The van der Waals surface area contributed by atoms with E-state index in [1.165, 1.54) is 19.2 Å².